The van der Waals surface area contributed by atoms with E-state index in [0.29, 0.717) is 18.8 Å². The standard InChI is InChI=1S/C12H22N4O3/c1-3-5-8-15-10(6-4-2)14-12(16(18)19)11(15)13-7-9-17/h13,17H,3-9H2,1-2H3. The van der Waals surface area contributed by atoms with Crippen LogP contribution in [0.3, 0.4) is 0 Å². The summed E-state index contributed by atoms with van der Waals surface area (Å²) < 4.78 is 1.88. The molecule has 0 fully saturated rings. The minimum atomic E-state index is -0.471. The third-order valence-electron chi connectivity index (χ3n) is 2.81. The molecule has 2 N–H and O–H groups in total. The van der Waals surface area contributed by atoms with Gasteiger partial charge in [-0.05, 0) is 22.7 Å². The number of hydrogen-bond acceptors (Lipinski definition) is 5. The first-order chi connectivity index (χ1) is 9.15. The fourth-order valence-electron chi connectivity index (χ4n) is 1.93. The summed E-state index contributed by atoms with van der Waals surface area (Å²) in [5.74, 6) is 1.01. The average molecular weight is 270 g/mol. The Labute approximate surface area is 112 Å². The maximum Gasteiger partial charge on any atom is 0.406 e. The van der Waals surface area contributed by atoms with Gasteiger partial charge in [0.2, 0.25) is 11.6 Å². The molecule has 0 aliphatic rings. The van der Waals surface area contributed by atoms with Crippen LogP contribution in [0.15, 0.2) is 0 Å². The van der Waals surface area contributed by atoms with E-state index in [2.05, 4.69) is 17.2 Å². The first-order valence-corrected chi connectivity index (χ1v) is 6.74. The molecule has 0 saturated heterocycles. The number of nitrogens with zero attached hydrogens (tertiary/aromatic N) is 3. The van der Waals surface area contributed by atoms with Crippen molar-refractivity contribution in [1.82, 2.24) is 9.55 Å². The zero-order chi connectivity index (χ0) is 14.3. The smallest absolute Gasteiger partial charge is 0.395 e. The van der Waals surface area contributed by atoms with Gasteiger partial charge in [-0.2, -0.15) is 0 Å². The Morgan fingerprint density at radius 1 is 1.42 bits per heavy atom. The molecule has 108 valence electrons. The Morgan fingerprint density at radius 3 is 2.68 bits per heavy atom. The molecule has 7 nitrogen and oxygen atoms in total. The van der Waals surface area contributed by atoms with Crippen LogP contribution in [0.1, 0.15) is 38.9 Å². The summed E-state index contributed by atoms with van der Waals surface area (Å²) in [6, 6.07) is 0. The van der Waals surface area contributed by atoms with Crippen molar-refractivity contribution in [3.8, 4) is 0 Å². The summed E-state index contributed by atoms with van der Waals surface area (Å²) in [5, 5.41) is 22.8. The zero-order valence-electron chi connectivity index (χ0n) is 11.6. The lowest BCUT2D eigenvalue weighted by atomic mass is 10.3. The Morgan fingerprint density at radius 2 is 2.16 bits per heavy atom. The maximum atomic E-state index is 11.1. The minimum absolute atomic E-state index is 0.0702. The van der Waals surface area contributed by atoms with Gasteiger partial charge in [-0.25, -0.2) is 0 Å². The van der Waals surface area contributed by atoms with Crippen molar-refractivity contribution in [2.45, 2.75) is 46.1 Å². The van der Waals surface area contributed by atoms with Gasteiger partial charge < -0.3 is 20.5 Å². The minimum Gasteiger partial charge on any atom is -0.395 e. The highest BCUT2D eigenvalue weighted by Crippen LogP contribution is 2.26. The summed E-state index contributed by atoms with van der Waals surface area (Å²) in [6.07, 6.45) is 3.56. The predicted octanol–water partition coefficient (Wildman–Crippen LogP) is 1.95. The van der Waals surface area contributed by atoms with E-state index in [4.69, 9.17) is 5.11 Å². The van der Waals surface area contributed by atoms with Crippen LogP contribution in [0.4, 0.5) is 11.6 Å². The first kappa shape index (κ1) is 15.4. The zero-order valence-corrected chi connectivity index (χ0v) is 11.6. The van der Waals surface area contributed by atoms with Crippen LogP contribution in [-0.4, -0.2) is 32.7 Å². The van der Waals surface area contributed by atoms with Gasteiger partial charge in [-0.3, -0.25) is 4.57 Å². The van der Waals surface area contributed by atoms with E-state index in [1.807, 2.05) is 11.5 Å². The predicted molar refractivity (Wildman–Crippen MR) is 73.4 cm³/mol. The second-order valence-corrected chi connectivity index (χ2v) is 4.36. The molecule has 1 rings (SSSR count). The summed E-state index contributed by atoms with van der Waals surface area (Å²) >= 11 is 0. The number of unbranched alkanes of at least 4 members (excludes halogenated alkanes) is 1. The van der Waals surface area contributed by atoms with Crippen LogP contribution in [0.2, 0.25) is 0 Å². The fraction of sp³-hybridized carbons (Fsp3) is 0.750. The summed E-state index contributed by atoms with van der Waals surface area (Å²) in [4.78, 5) is 14.7. The van der Waals surface area contributed by atoms with Crippen molar-refractivity contribution in [1.29, 1.82) is 0 Å². The van der Waals surface area contributed by atoms with Crippen LogP contribution in [0, 0.1) is 10.1 Å². The lowest BCUT2D eigenvalue weighted by Crippen LogP contribution is -2.13. The number of aromatic nitrogens is 2. The van der Waals surface area contributed by atoms with Crippen LogP contribution < -0.4 is 5.32 Å². The molecule has 0 atom stereocenters. The summed E-state index contributed by atoms with van der Waals surface area (Å²) in [6.45, 7) is 5.01. The molecule has 0 bridgehead atoms. The number of hydrogen-bond donors (Lipinski definition) is 2. The highest BCUT2D eigenvalue weighted by atomic mass is 16.6. The monoisotopic (exact) mass is 270 g/mol. The molecular formula is C12H22N4O3. The normalized spacial score (nSPS) is 10.7. The van der Waals surface area contributed by atoms with Gasteiger partial charge in [0.05, 0.1) is 6.61 Å². The van der Waals surface area contributed by atoms with E-state index in [9.17, 15) is 10.1 Å². The Hall–Kier alpha value is -1.63. The molecule has 19 heavy (non-hydrogen) atoms. The Kier molecular flexibility index (Phi) is 6.27. The van der Waals surface area contributed by atoms with Gasteiger partial charge >= 0.3 is 5.82 Å². The number of anilines is 1. The molecule has 1 aromatic heterocycles. The van der Waals surface area contributed by atoms with Gasteiger partial charge in [0.1, 0.15) is 0 Å². The molecule has 1 aromatic rings. The highest BCUT2D eigenvalue weighted by molar-refractivity contribution is 5.53. The maximum absolute atomic E-state index is 11.1. The SMILES string of the molecule is CCCCn1c(CCC)nc([N+](=O)[O-])c1NCCO. The second-order valence-electron chi connectivity index (χ2n) is 4.36. The van der Waals surface area contributed by atoms with E-state index in [0.717, 1.165) is 25.1 Å². The number of imidazole rings is 1. The van der Waals surface area contributed by atoms with E-state index in [1.54, 1.807) is 0 Å². The molecule has 0 unspecified atom stereocenters. The average Bonchev–Trinajstić information content (AvgIpc) is 2.72. The number of aliphatic hydroxyl groups excluding tert-OH is 1. The van der Waals surface area contributed by atoms with Crippen molar-refractivity contribution in [3.05, 3.63) is 15.9 Å². The first-order valence-electron chi connectivity index (χ1n) is 6.74. The molecule has 0 spiro atoms. The van der Waals surface area contributed by atoms with Crippen molar-refractivity contribution >= 4 is 11.6 Å². The Bertz CT molecular complexity index is 417. The van der Waals surface area contributed by atoms with Crippen molar-refractivity contribution < 1.29 is 10.0 Å². The quantitative estimate of drug-likeness (QED) is 0.528. The van der Waals surface area contributed by atoms with Crippen LogP contribution in [0.5, 0.6) is 0 Å². The van der Waals surface area contributed by atoms with E-state index in [-0.39, 0.29) is 19.0 Å². The molecule has 0 saturated carbocycles. The number of nitrogens with one attached hydrogen (secondary N) is 1. The van der Waals surface area contributed by atoms with Crippen LogP contribution in [0.25, 0.3) is 0 Å². The van der Waals surface area contributed by atoms with Gasteiger partial charge in [-0.1, -0.05) is 20.3 Å². The highest BCUT2D eigenvalue weighted by Gasteiger charge is 2.26. The van der Waals surface area contributed by atoms with Crippen molar-refractivity contribution in [2.75, 3.05) is 18.5 Å². The van der Waals surface area contributed by atoms with Gasteiger partial charge in [-0.15, -0.1) is 0 Å². The molecule has 7 heteroatoms. The van der Waals surface area contributed by atoms with Crippen LogP contribution in [-0.2, 0) is 13.0 Å². The third kappa shape index (κ3) is 3.92. The molecule has 0 aliphatic heterocycles. The number of aliphatic hydroxyl groups is 1. The molecule has 0 amide bonds. The van der Waals surface area contributed by atoms with Crippen molar-refractivity contribution in [3.63, 3.8) is 0 Å². The Balaban J connectivity index is 3.12. The van der Waals surface area contributed by atoms with Crippen LogP contribution >= 0.6 is 0 Å². The lowest BCUT2D eigenvalue weighted by molar-refractivity contribution is -0.388. The molecule has 0 aromatic carbocycles. The molecule has 1 heterocycles. The number of rotatable bonds is 9. The summed E-state index contributed by atoms with van der Waals surface area (Å²) in [5.41, 5.74) is 0. The third-order valence-corrected chi connectivity index (χ3v) is 2.81. The second kappa shape index (κ2) is 7.73. The van der Waals surface area contributed by atoms with E-state index in [1.165, 1.54) is 0 Å². The summed E-state index contributed by atoms with van der Waals surface area (Å²) in [7, 11) is 0. The molecule has 0 radical (unpaired) electrons. The topological polar surface area (TPSA) is 93.2 Å². The number of aryl methyl sites for hydroxylation is 1. The van der Waals surface area contributed by atoms with E-state index >= 15 is 0 Å². The number of nitro groups is 1. The van der Waals surface area contributed by atoms with Gasteiger partial charge in [0.25, 0.3) is 0 Å². The molecular weight excluding hydrogens is 248 g/mol. The van der Waals surface area contributed by atoms with Gasteiger partial charge in [0.15, 0.2) is 0 Å². The lowest BCUT2D eigenvalue weighted by Gasteiger charge is -2.09. The fourth-order valence-corrected chi connectivity index (χ4v) is 1.93. The molecule has 0 aliphatic carbocycles. The van der Waals surface area contributed by atoms with Gasteiger partial charge in [0, 0.05) is 19.5 Å². The largest absolute Gasteiger partial charge is 0.406 e. The van der Waals surface area contributed by atoms with Crippen molar-refractivity contribution in [2.24, 2.45) is 0 Å². The van der Waals surface area contributed by atoms with E-state index < -0.39 is 4.92 Å².